The lowest BCUT2D eigenvalue weighted by Crippen LogP contribution is -2.39. The molecule has 2 aromatic heterocycles. The third-order valence-electron chi connectivity index (χ3n) is 3.13. The van der Waals surface area contributed by atoms with Crippen molar-refractivity contribution < 1.29 is 4.74 Å². The number of H-pyrrole nitrogens is 1. The van der Waals surface area contributed by atoms with Crippen molar-refractivity contribution in [1.29, 1.82) is 0 Å². The molecule has 1 aliphatic rings. The highest BCUT2D eigenvalue weighted by Gasteiger charge is 2.24. The highest BCUT2D eigenvalue weighted by atomic mass is 16.5. The Morgan fingerprint density at radius 3 is 3.20 bits per heavy atom. The van der Waals surface area contributed by atoms with Crippen LogP contribution in [0.4, 0.5) is 5.95 Å². The monoisotopic (exact) mass is 272 g/mol. The number of rotatable bonds is 3. The molecule has 3 rings (SSSR count). The van der Waals surface area contributed by atoms with Crippen molar-refractivity contribution in [1.82, 2.24) is 25.1 Å². The second kappa shape index (κ2) is 5.79. The number of hydrogen-bond acceptors (Lipinski definition) is 6. The van der Waals surface area contributed by atoms with E-state index in [0.717, 1.165) is 12.1 Å². The maximum atomic E-state index is 5.76. The van der Waals surface area contributed by atoms with E-state index < -0.39 is 0 Å². The number of nitrogens with zero attached hydrogens (tertiary/aromatic N) is 5. The highest BCUT2D eigenvalue weighted by molar-refractivity contribution is 5.42. The molecular formula is C13H16N6O. The van der Waals surface area contributed by atoms with Gasteiger partial charge >= 0.3 is 0 Å². The summed E-state index contributed by atoms with van der Waals surface area (Å²) in [6.45, 7) is 4.06. The standard InChI is InChI=1S/C13H16N6O/c1-2-3-12-14-9-15-13(18-12)19-4-5-20-11(8-19)10-6-16-17-7-10/h2-3,6-7,9,11H,4-5,8H2,1H3,(H,16,17)/b3-2+. The molecule has 0 aliphatic carbocycles. The Kier molecular flexibility index (Phi) is 3.69. The van der Waals surface area contributed by atoms with Gasteiger partial charge in [0.25, 0.3) is 0 Å². The molecule has 7 nitrogen and oxygen atoms in total. The minimum Gasteiger partial charge on any atom is -0.370 e. The predicted octanol–water partition coefficient (Wildman–Crippen LogP) is 1.21. The molecule has 2 aromatic rings. The van der Waals surface area contributed by atoms with E-state index in [-0.39, 0.29) is 6.10 Å². The third-order valence-corrected chi connectivity index (χ3v) is 3.13. The first-order valence-electron chi connectivity index (χ1n) is 6.54. The van der Waals surface area contributed by atoms with Crippen LogP contribution in [-0.2, 0) is 4.74 Å². The first-order chi connectivity index (χ1) is 9.86. The molecule has 0 saturated carbocycles. The van der Waals surface area contributed by atoms with Crippen LogP contribution >= 0.6 is 0 Å². The molecule has 1 saturated heterocycles. The van der Waals surface area contributed by atoms with Crippen molar-refractivity contribution in [2.75, 3.05) is 24.6 Å². The van der Waals surface area contributed by atoms with E-state index in [0.29, 0.717) is 24.9 Å². The summed E-state index contributed by atoms with van der Waals surface area (Å²) in [4.78, 5) is 14.9. The van der Waals surface area contributed by atoms with E-state index in [9.17, 15) is 0 Å². The van der Waals surface area contributed by atoms with E-state index in [1.165, 1.54) is 0 Å². The van der Waals surface area contributed by atoms with Crippen LogP contribution in [0, 0.1) is 0 Å². The summed E-state index contributed by atoms with van der Waals surface area (Å²) in [5.74, 6) is 1.36. The first-order valence-corrected chi connectivity index (χ1v) is 6.54. The van der Waals surface area contributed by atoms with Crippen LogP contribution in [0.3, 0.4) is 0 Å². The van der Waals surface area contributed by atoms with Gasteiger partial charge in [0.05, 0.1) is 19.3 Å². The largest absolute Gasteiger partial charge is 0.370 e. The molecule has 0 amide bonds. The molecule has 1 aliphatic heterocycles. The molecule has 1 atom stereocenters. The van der Waals surface area contributed by atoms with Crippen LogP contribution in [0.1, 0.15) is 24.4 Å². The van der Waals surface area contributed by atoms with Crippen molar-refractivity contribution in [3.05, 3.63) is 36.2 Å². The van der Waals surface area contributed by atoms with E-state index in [2.05, 4.69) is 30.0 Å². The number of hydrogen-bond donors (Lipinski definition) is 1. The Labute approximate surface area is 116 Å². The molecule has 1 unspecified atom stereocenters. The molecule has 0 aromatic carbocycles. The number of aromatic nitrogens is 5. The molecule has 1 fully saturated rings. The van der Waals surface area contributed by atoms with Gasteiger partial charge in [-0.3, -0.25) is 5.10 Å². The van der Waals surface area contributed by atoms with Crippen molar-refractivity contribution in [3.63, 3.8) is 0 Å². The molecule has 0 spiro atoms. The van der Waals surface area contributed by atoms with E-state index in [1.807, 2.05) is 25.3 Å². The summed E-state index contributed by atoms with van der Waals surface area (Å²) in [5.41, 5.74) is 1.04. The average molecular weight is 272 g/mol. The Morgan fingerprint density at radius 1 is 1.45 bits per heavy atom. The van der Waals surface area contributed by atoms with Gasteiger partial charge in [-0.15, -0.1) is 0 Å². The zero-order valence-corrected chi connectivity index (χ0v) is 11.2. The summed E-state index contributed by atoms with van der Waals surface area (Å²) in [5, 5.41) is 6.77. The van der Waals surface area contributed by atoms with Crippen LogP contribution in [0.25, 0.3) is 6.08 Å². The number of aromatic amines is 1. The molecule has 0 radical (unpaired) electrons. The maximum Gasteiger partial charge on any atom is 0.229 e. The molecule has 3 heterocycles. The molecule has 0 bridgehead atoms. The van der Waals surface area contributed by atoms with Gasteiger partial charge in [-0.2, -0.15) is 10.1 Å². The van der Waals surface area contributed by atoms with Crippen molar-refractivity contribution in [2.24, 2.45) is 0 Å². The zero-order valence-electron chi connectivity index (χ0n) is 11.2. The fourth-order valence-corrected chi connectivity index (χ4v) is 2.15. The number of anilines is 1. The predicted molar refractivity (Wildman–Crippen MR) is 74.0 cm³/mol. The van der Waals surface area contributed by atoms with Crippen molar-refractivity contribution >= 4 is 12.0 Å². The smallest absolute Gasteiger partial charge is 0.229 e. The van der Waals surface area contributed by atoms with Crippen LogP contribution in [-0.4, -0.2) is 44.8 Å². The Balaban J connectivity index is 1.78. The summed E-state index contributed by atoms with van der Waals surface area (Å²) < 4.78 is 5.76. The van der Waals surface area contributed by atoms with Gasteiger partial charge in [0.2, 0.25) is 5.95 Å². The molecule has 1 N–H and O–H groups in total. The summed E-state index contributed by atoms with van der Waals surface area (Å²) in [6.07, 6.45) is 8.94. The van der Waals surface area contributed by atoms with Gasteiger partial charge in [0, 0.05) is 18.3 Å². The van der Waals surface area contributed by atoms with Crippen LogP contribution in [0.15, 0.2) is 24.8 Å². The highest BCUT2D eigenvalue weighted by Crippen LogP contribution is 2.23. The fourth-order valence-electron chi connectivity index (χ4n) is 2.15. The summed E-state index contributed by atoms with van der Waals surface area (Å²) in [6, 6.07) is 0. The van der Waals surface area contributed by atoms with E-state index >= 15 is 0 Å². The summed E-state index contributed by atoms with van der Waals surface area (Å²) in [7, 11) is 0. The second-order valence-electron chi connectivity index (χ2n) is 4.48. The number of ether oxygens (including phenoxy) is 1. The Hall–Kier alpha value is -2.28. The topological polar surface area (TPSA) is 79.8 Å². The number of nitrogens with one attached hydrogen (secondary N) is 1. The van der Waals surface area contributed by atoms with Crippen LogP contribution in [0.5, 0.6) is 0 Å². The van der Waals surface area contributed by atoms with Gasteiger partial charge < -0.3 is 9.64 Å². The molecular weight excluding hydrogens is 256 g/mol. The van der Waals surface area contributed by atoms with Gasteiger partial charge in [0.15, 0.2) is 5.82 Å². The lowest BCUT2D eigenvalue weighted by atomic mass is 10.2. The van der Waals surface area contributed by atoms with Crippen LogP contribution < -0.4 is 4.90 Å². The summed E-state index contributed by atoms with van der Waals surface area (Å²) >= 11 is 0. The fraction of sp³-hybridized carbons (Fsp3) is 0.385. The molecule has 104 valence electrons. The van der Waals surface area contributed by atoms with Gasteiger partial charge in [-0.1, -0.05) is 6.08 Å². The Bertz CT molecular complexity index is 582. The SMILES string of the molecule is C/C=C/c1ncnc(N2CCOC(c3cn[nH]c3)C2)n1. The molecule has 20 heavy (non-hydrogen) atoms. The Morgan fingerprint density at radius 2 is 2.40 bits per heavy atom. The lowest BCUT2D eigenvalue weighted by molar-refractivity contribution is 0.0392. The maximum absolute atomic E-state index is 5.76. The van der Waals surface area contributed by atoms with Gasteiger partial charge in [-0.25, -0.2) is 9.97 Å². The minimum absolute atomic E-state index is 0.00978. The average Bonchev–Trinajstić information content (AvgIpc) is 3.02. The van der Waals surface area contributed by atoms with Gasteiger partial charge in [-0.05, 0) is 13.0 Å². The van der Waals surface area contributed by atoms with E-state index in [1.54, 1.807) is 12.5 Å². The lowest BCUT2D eigenvalue weighted by Gasteiger charge is -2.32. The number of morpholine rings is 1. The zero-order chi connectivity index (χ0) is 13.8. The quantitative estimate of drug-likeness (QED) is 0.904. The molecule has 7 heteroatoms. The first kappa shape index (κ1) is 12.7. The normalized spacial score (nSPS) is 19.6. The second-order valence-corrected chi connectivity index (χ2v) is 4.48. The minimum atomic E-state index is -0.00978. The van der Waals surface area contributed by atoms with Crippen LogP contribution in [0.2, 0.25) is 0 Å². The van der Waals surface area contributed by atoms with E-state index in [4.69, 9.17) is 4.74 Å². The van der Waals surface area contributed by atoms with Crippen molar-refractivity contribution in [3.8, 4) is 0 Å². The third kappa shape index (κ3) is 2.67. The van der Waals surface area contributed by atoms with Crippen molar-refractivity contribution in [2.45, 2.75) is 13.0 Å². The van der Waals surface area contributed by atoms with Gasteiger partial charge in [0.1, 0.15) is 12.4 Å². The number of allylic oxidation sites excluding steroid dienone is 1.